The highest BCUT2D eigenvalue weighted by Gasteiger charge is 2.26. The fraction of sp³-hybridized carbons (Fsp3) is 0.300. The van der Waals surface area contributed by atoms with Gasteiger partial charge in [0.2, 0.25) is 5.91 Å². The summed E-state index contributed by atoms with van der Waals surface area (Å²) in [5.74, 6) is 0.986. The standard InChI is InChI=1S/C20H19ClN4O2S3/c1-11-9-29-20(24-11)30-10-17(26)23-8-14-6-13-5-12(7-15(21)18(13)27-14)16-3-4-22-19(25-16)28-2/h3-5,7,9,14H,6,8,10H2,1-2H3,(H,23,26)/t14-/m1/s1. The Kier molecular flexibility index (Phi) is 6.82. The maximum absolute atomic E-state index is 12.2. The van der Waals surface area contributed by atoms with Gasteiger partial charge < -0.3 is 10.1 Å². The number of fused-ring (bicyclic) bond motifs is 1. The molecule has 1 amide bonds. The van der Waals surface area contributed by atoms with Crippen molar-refractivity contribution < 1.29 is 9.53 Å². The number of ether oxygens (including phenoxy) is 1. The number of hydrogen-bond donors (Lipinski definition) is 1. The summed E-state index contributed by atoms with van der Waals surface area (Å²) in [4.78, 5) is 25.3. The van der Waals surface area contributed by atoms with E-state index in [-0.39, 0.29) is 12.0 Å². The average molecular weight is 479 g/mol. The Labute approximate surface area is 192 Å². The molecule has 1 aliphatic rings. The molecule has 0 bridgehead atoms. The Hall–Kier alpha value is -1.81. The van der Waals surface area contributed by atoms with E-state index in [0.29, 0.717) is 34.6 Å². The van der Waals surface area contributed by atoms with Crippen LogP contribution < -0.4 is 10.1 Å². The van der Waals surface area contributed by atoms with Crippen LogP contribution in [0.1, 0.15) is 11.3 Å². The van der Waals surface area contributed by atoms with E-state index in [0.717, 1.165) is 26.9 Å². The Bertz CT molecular complexity index is 1080. The van der Waals surface area contributed by atoms with Crippen molar-refractivity contribution >= 4 is 52.4 Å². The van der Waals surface area contributed by atoms with E-state index in [1.807, 2.05) is 30.7 Å². The van der Waals surface area contributed by atoms with Gasteiger partial charge >= 0.3 is 0 Å². The van der Waals surface area contributed by atoms with Gasteiger partial charge in [0.1, 0.15) is 11.9 Å². The number of benzene rings is 1. The molecule has 2 aromatic heterocycles. The first-order valence-corrected chi connectivity index (χ1v) is 12.7. The summed E-state index contributed by atoms with van der Waals surface area (Å²) in [7, 11) is 0. The summed E-state index contributed by atoms with van der Waals surface area (Å²) in [6, 6.07) is 5.78. The molecule has 1 aliphatic heterocycles. The molecule has 6 nitrogen and oxygen atoms in total. The molecule has 1 aromatic carbocycles. The molecular weight excluding hydrogens is 460 g/mol. The quantitative estimate of drug-likeness (QED) is 0.395. The van der Waals surface area contributed by atoms with Crippen molar-refractivity contribution in [3.8, 4) is 17.0 Å². The van der Waals surface area contributed by atoms with Gasteiger partial charge in [-0.2, -0.15) is 0 Å². The third kappa shape index (κ3) is 5.08. The highest BCUT2D eigenvalue weighted by atomic mass is 35.5. The van der Waals surface area contributed by atoms with Crippen LogP contribution in [-0.2, 0) is 11.2 Å². The number of carbonyl (C=O) groups excluding carboxylic acids is 1. The van der Waals surface area contributed by atoms with Crippen LogP contribution in [0.25, 0.3) is 11.3 Å². The lowest BCUT2D eigenvalue weighted by Gasteiger charge is -2.12. The molecule has 3 heterocycles. The van der Waals surface area contributed by atoms with Gasteiger partial charge in [-0.1, -0.05) is 35.1 Å². The number of thioether (sulfide) groups is 2. The number of rotatable bonds is 7. The third-order valence-electron chi connectivity index (χ3n) is 4.42. The predicted molar refractivity (Wildman–Crippen MR) is 123 cm³/mol. The lowest BCUT2D eigenvalue weighted by Crippen LogP contribution is -2.35. The van der Waals surface area contributed by atoms with E-state index in [4.69, 9.17) is 16.3 Å². The zero-order valence-electron chi connectivity index (χ0n) is 16.3. The van der Waals surface area contributed by atoms with Crippen molar-refractivity contribution in [2.24, 2.45) is 0 Å². The molecule has 30 heavy (non-hydrogen) atoms. The molecular formula is C20H19ClN4O2S3. The maximum atomic E-state index is 12.2. The topological polar surface area (TPSA) is 77.0 Å². The van der Waals surface area contributed by atoms with Gasteiger partial charge in [0.05, 0.1) is 23.0 Å². The van der Waals surface area contributed by atoms with Crippen molar-refractivity contribution in [1.29, 1.82) is 0 Å². The van der Waals surface area contributed by atoms with E-state index < -0.39 is 0 Å². The van der Waals surface area contributed by atoms with E-state index in [1.165, 1.54) is 23.5 Å². The zero-order chi connectivity index (χ0) is 21.1. The number of carbonyl (C=O) groups is 1. The summed E-state index contributed by atoms with van der Waals surface area (Å²) in [6.07, 6.45) is 4.23. The van der Waals surface area contributed by atoms with E-state index in [9.17, 15) is 4.79 Å². The van der Waals surface area contributed by atoms with Crippen LogP contribution in [0.3, 0.4) is 0 Å². The van der Waals surface area contributed by atoms with Gasteiger partial charge in [0.15, 0.2) is 9.50 Å². The minimum Gasteiger partial charge on any atom is -0.486 e. The third-order valence-corrected chi connectivity index (χ3v) is 7.40. The Morgan fingerprint density at radius 3 is 3.03 bits per heavy atom. The summed E-state index contributed by atoms with van der Waals surface area (Å²) in [5, 5.41) is 6.19. The summed E-state index contributed by atoms with van der Waals surface area (Å²) < 4.78 is 6.89. The summed E-state index contributed by atoms with van der Waals surface area (Å²) >= 11 is 11.0. The molecule has 0 spiro atoms. The van der Waals surface area contributed by atoms with Crippen LogP contribution in [0.15, 0.2) is 39.3 Å². The molecule has 156 valence electrons. The highest BCUT2D eigenvalue weighted by molar-refractivity contribution is 8.01. The molecule has 0 saturated carbocycles. The average Bonchev–Trinajstić information content (AvgIpc) is 3.36. The van der Waals surface area contributed by atoms with Gasteiger partial charge in [-0.3, -0.25) is 4.79 Å². The molecule has 0 saturated heterocycles. The molecule has 1 atom stereocenters. The van der Waals surface area contributed by atoms with Crippen molar-refractivity contribution in [1.82, 2.24) is 20.3 Å². The van der Waals surface area contributed by atoms with Crippen LogP contribution in [-0.4, -0.2) is 45.5 Å². The highest BCUT2D eigenvalue weighted by Crippen LogP contribution is 2.39. The molecule has 4 rings (SSSR count). The predicted octanol–water partition coefficient (Wildman–Crippen LogP) is 4.50. The van der Waals surface area contributed by atoms with Gasteiger partial charge in [-0.05, 0) is 31.4 Å². The lowest BCUT2D eigenvalue weighted by atomic mass is 10.0. The van der Waals surface area contributed by atoms with Crippen LogP contribution in [0.2, 0.25) is 5.02 Å². The largest absolute Gasteiger partial charge is 0.486 e. The number of halogens is 1. The number of aromatic nitrogens is 3. The minimum atomic E-state index is -0.143. The Morgan fingerprint density at radius 2 is 2.27 bits per heavy atom. The van der Waals surface area contributed by atoms with E-state index in [2.05, 4.69) is 26.3 Å². The van der Waals surface area contributed by atoms with Crippen LogP contribution in [0.4, 0.5) is 0 Å². The first kappa shape index (κ1) is 21.4. The van der Waals surface area contributed by atoms with Crippen molar-refractivity contribution in [2.75, 3.05) is 18.6 Å². The normalized spacial score (nSPS) is 15.0. The molecule has 10 heteroatoms. The van der Waals surface area contributed by atoms with Crippen molar-refractivity contribution in [3.63, 3.8) is 0 Å². The number of nitrogens with one attached hydrogen (secondary N) is 1. The van der Waals surface area contributed by atoms with Crippen molar-refractivity contribution in [3.05, 3.63) is 46.1 Å². The van der Waals surface area contributed by atoms with Gasteiger partial charge in [-0.15, -0.1) is 11.3 Å². The summed E-state index contributed by atoms with van der Waals surface area (Å²) in [6.45, 7) is 2.37. The zero-order valence-corrected chi connectivity index (χ0v) is 19.6. The first-order valence-electron chi connectivity index (χ1n) is 9.20. The van der Waals surface area contributed by atoms with Crippen LogP contribution >= 0.6 is 46.5 Å². The van der Waals surface area contributed by atoms with Crippen LogP contribution in [0.5, 0.6) is 5.75 Å². The SMILES string of the molecule is CSc1nccc(-c2cc(Cl)c3c(c2)C[C@H](CNC(=O)CSc2nc(C)cs2)O3)n1. The second-order valence-electron chi connectivity index (χ2n) is 6.67. The fourth-order valence-corrected chi connectivity index (χ4v) is 5.37. The monoisotopic (exact) mass is 478 g/mol. The molecule has 0 aliphatic carbocycles. The minimum absolute atomic E-state index is 0.0372. The molecule has 0 unspecified atom stereocenters. The molecule has 0 fully saturated rings. The first-order chi connectivity index (χ1) is 14.5. The maximum Gasteiger partial charge on any atom is 0.230 e. The van der Waals surface area contributed by atoms with Crippen LogP contribution in [0, 0.1) is 6.92 Å². The lowest BCUT2D eigenvalue weighted by molar-refractivity contribution is -0.118. The molecule has 3 aromatic rings. The number of thiazole rings is 1. The smallest absolute Gasteiger partial charge is 0.230 e. The second-order valence-corrected chi connectivity index (χ2v) is 9.93. The molecule has 1 N–H and O–H groups in total. The van der Waals surface area contributed by atoms with Gasteiger partial charge in [-0.25, -0.2) is 15.0 Å². The number of amides is 1. The number of hydrogen-bond acceptors (Lipinski definition) is 8. The number of aryl methyl sites for hydroxylation is 1. The van der Waals surface area contributed by atoms with Gasteiger partial charge in [0.25, 0.3) is 0 Å². The Morgan fingerprint density at radius 1 is 1.40 bits per heavy atom. The summed E-state index contributed by atoms with van der Waals surface area (Å²) in [5.41, 5.74) is 3.75. The Balaban J connectivity index is 1.35. The van der Waals surface area contributed by atoms with Crippen molar-refractivity contribution in [2.45, 2.75) is 28.9 Å². The fourth-order valence-electron chi connectivity index (χ4n) is 3.05. The number of nitrogens with zero attached hydrogens (tertiary/aromatic N) is 3. The van der Waals surface area contributed by atoms with Gasteiger partial charge in [0, 0.05) is 34.8 Å². The second kappa shape index (κ2) is 9.55. The van der Waals surface area contributed by atoms with E-state index in [1.54, 1.807) is 17.5 Å². The molecule has 0 radical (unpaired) electrons. The van der Waals surface area contributed by atoms with E-state index >= 15 is 0 Å².